The van der Waals surface area contributed by atoms with E-state index in [-0.39, 0.29) is 0 Å². The van der Waals surface area contributed by atoms with Gasteiger partial charge < -0.3 is 0 Å². The number of rotatable bonds is 2. The van der Waals surface area contributed by atoms with Crippen LogP contribution in [0.5, 0.6) is 0 Å². The quantitative estimate of drug-likeness (QED) is 0.656. The highest BCUT2D eigenvalue weighted by Crippen LogP contribution is 2.29. The summed E-state index contributed by atoms with van der Waals surface area (Å²) in [5.41, 5.74) is 9.14. The van der Waals surface area contributed by atoms with Crippen LogP contribution < -0.4 is 4.68 Å². The molecule has 1 aromatic heterocycles. The number of nitriles is 1. The molecule has 0 unspecified atom stereocenters. The summed E-state index contributed by atoms with van der Waals surface area (Å²) in [4.78, 5) is 0. The SMILES string of the molecule is Cc1ccc(C#N)cc1-[n+]1cc(-c2c(C)cccc2C)c(C)n1C. The summed E-state index contributed by atoms with van der Waals surface area (Å²) >= 11 is 0. The van der Waals surface area contributed by atoms with Crippen molar-refractivity contribution in [3.8, 4) is 22.9 Å². The van der Waals surface area contributed by atoms with Crippen LogP contribution in [0.2, 0.25) is 0 Å². The zero-order chi connectivity index (χ0) is 17.4. The van der Waals surface area contributed by atoms with Crippen molar-refractivity contribution in [2.75, 3.05) is 0 Å². The van der Waals surface area contributed by atoms with Crippen molar-refractivity contribution in [1.29, 1.82) is 5.26 Å². The Morgan fingerprint density at radius 1 is 0.958 bits per heavy atom. The fourth-order valence-electron chi connectivity index (χ4n) is 3.28. The predicted octanol–water partition coefficient (Wildman–Crippen LogP) is 4.07. The molecule has 0 bridgehead atoms. The minimum atomic E-state index is 0.676. The van der Waals surface area contributed by atoms with E-state index in [1.54, 1.807) is 0 Å². The molecule has 0 atom stereocenters. The lowest BCUT2D eigenvalue weighted by Gasteiger charge is -2.07. The number of hydrogen-bond acceptors (Lipinski definition) is 1. The van der Waals surface area contributed by atoms with Crippen LogP contribution in [-0.4, -0.2) is 4.68 Å². The van der Waals surface area contributed by atoms with Gasteiger partial charge in [-0.05, 0) is 50.5 Å². The van der Waals surface area contributed by atoms with Crippen molar-refractivity contribution in [1.82, 2.24) is 4.68 Å². The van der Waals surface area contributed by atoms with Crippen LogP contribution in [0.1, 0.15) is 27.9 Å². The second kappa shape index (κ2) is 5.98. The normalized spacial score (nSPS) is 10.7. The van der Waals surface area contributed by atoms with Gasteiger partial charge in [-0.3, -0.25) is 0 Å². The van der Waals surface area contributed by atoms with E-state index in [1.807, 2.05) is 18.2 Å². The largest absolute Gasteiger partial charge is 0.240 e. The lowest BCUT2D eigenvalue weighted by atomic mass is 9.96. The van der Waals surface area contributed by atoms with Gasteiger partial charge in [0, 0.05) is 11.6 Å². The molecule has 24 heavy (non-hydrogen) atoms. The molecule has 0 spiro atoms. The highest BCUT2D eigenvalue weighted by atomic mass is 15.4. The topological polar surface area (TPSA) is 32.6 Å². The van der Waals surface area contributed by atoms with Crippen LogP contribution in [0.4, 0.5) is 0 Å². The van der Waals surface area contributed by atoms with Crippen LogP contribution in [0, 0.1) is 39.0 Å². The number of nitrogens with zero attached hydrogens (tertiary/aromatic N) is 3. The number of hydrogen-bond donors (Lipinski definition) is 0. The summed E-state index contributed by atoms with van der Waals surface area (Å²) in [6.07, 6.45) is 2.17. The zero-order valence-corrected chi connectivity index (χ0v) is 14.9. The molecule has 0 fully saturated rings. The zero-order valence-electron chi connectivity index (χ0n) is 14.9. The highest BCUT2D eigenvalue weighted by molar-refractivity contribution is 5.71. The van der Waals surface area contributed by atoms with Crippen LogP contribution in [0.25, 0.3) is 16.8 Å². The summed E-state index contributed by atoms with van der Waals surface area (Å²) in [5.74, 6) is 0. The summed E-state index contributed by atoms with van der Waals surface area (Å²) < 4.78 is 4.28. The van der Waals surface area contributed by atoms with Gasteiger partial charge in [-0.15, -0.1) is 0 Å². The summed E-state index contributed by atoms with van der Waals surface area (Å²) in [5, 5.41) is 9.21. The van der Waals surface area contributed by atoms with Gasteiger partial charge in [0.15, 0.2) is 0 Å². The standard InChI is InChI=1S/C21H22N3/c1-14-9-10-18(12-22)11-20(14)24-13-19(17(4)23(24)5)21-15(2)7-6-8-16(21)3/h6-11,13H,1-5H3/q+1. The van der Waals surface area contributed by atoms with Crippen molar-refractivity contribution >= 4 is 0 Å². The molecule has 0 aliphatic heterocycles. The molecule has 0 N–H and O–H groups in total. The van der Waals surface area contributed by atoms with E-state index in [0.717, 1.165) is 11.3 Å². The fraction of sp³-hybridized carbons (Fsp3) is 0.238. The van der Waals surface area contributed by atoms with E-state index in [2.05, 4.69) is 74.6 Å². The average molecular weight is 316 g/mol. The Bertz CT molecular complexity index is 951. The van der Waals surface area contributed by atoms with Gasteiger partial charge in [-0.25, -0.2) is 0 Å². The molecule has 0 saturated heterocycles. The molecule has 2 aromatic carbocycles. The van der Waals surface area contributed by atoms with E-state index >= 15 is 0 Å². The molecule has 0 saturated carbocycles. The van der Waals surface area contributed by atoms with Gasteiger partial charge in [-0.1, -0.05) is 28.9 Å². The predicted molar refractivity (Wildman–Crippen MR) is 96.0 cm³/mol. The minimum absolute atomic E-state index is 0.676. The van der Waals surface area contributed by atoms with Gasteiger partial charge in [0.2, 0.25) is 11.9 Å². The van der Waals surface area contributed by atoms with Crippen LogP contribution in [0.3, 0.4) is 0 Å². The first-order valence-corrected chi connectivity index (χ1v) is 8.10. The van der Waals surface area contributed by atoms with E-state index in [9.17, 15) is 5.26 Å². The van der Waals surface area contributed by atoms with Crippen LogP contribution in [-0.2, 0) is 7.05 Å². The molecule has 3 heteroatoms. The Morgan fingerprint density at radius 2 is 1.62 bits per heavy atom. The maximum atomic E-state index is 9.21. The fourth-order valence-corrected chi connectivity index (χ4v) is 3.28. The summed E-state index contributed by atoms with van der Waals surface area (Å²) in [7, 11) is 2.06. The van der Waals surface area contributed by atoms with E-state index in [1.165, 1.54) is 27.9 Å². The minimum Gasteiger partial charge on any atom is -0.192 e. The van der Waals surface area contributed by atoms with E-state index in [0.29, 0.717) is 5.56 Å². The molecule has 3 nitrogen and oxygen atoms in total. The van der Waals surface area contributed by atoms with Crippen LogP contribution >= 0.6 is 0 Å². The van der Waals surface area contributed by atoms with E-state index in [4.69, 9.17) is 0 Å². The monoisotopic (exact) mass is 316 g/mol. The Balaban J connectivity index is 2.26. The second-order valence-electron chi connectivity index (χ2n) is 6.38. The smallest absolute Gasteiger partial charge is 0.192 e. The van der Waals surface area contributed by atoms with Gasteiger partial charge in [-0.2, -0.15) is 9.94 Å². The first-order valence-electron chi connectivity index (χ1n) is 8.10. The molecule has 0 aliphatic rings. The third-order valence-corrected chi connectivity index (χ3v) is 4.79. The van der Waals surface area contributed by atoms with Gasteiger partial charge >= 0.3 is 0 Å². The maximum Gasteiger partial charge on any atom is 0.240 e. The van der Waals surface area contributed by atoms with Gasteiger partial charge in [0.1, 0.15) is 0 Å². The molecular weight excluding hydrogens is 294 g/mol. The molecule has 0 radical (unpaired) electrons. The van der Waals surface area contributed by atoms with Crippen molar-refractivity contribution in [2.24, 2.45) is 7.05 Å². The number of benzene rings is 2. The molecule has 0 amide bonds. The second-order valence-corrected chi connectivity index (χ2v) is 6.38. The van der Waals surface area contributed by atoms with E-state index < -0.39 is 0 Å². The highest BCUT2D eigenvalue weighted by Gasteiger charge is 2.23. The Kier molecular flexibility index (Phi) is 3.99. The molecular formula is C21H22N3+. The maximum absolute atomic E-state index is 9.21. The van der Waals surface area contributed by atoms with Gasteiger partial charge in [0.05, 0.1) is 29.9 Å². The Labute approximate surface area is 143 Å². The first-order chi connectivity index (χ1) is 11.4. The third kappa shape index (κ3) is 2.51. The summed E-state index contributed by atoms with van der Waals surface area (Å²) in [6, 6.07) is 14.4. The molecule has 1 heterocycles. The average Bonchev–Trinajstić information content (AvgIpc) is 2.84. The molecule has 3 rings (SSSR count). The van der Waals surface area contributed by atoms with Crippen molar-refractivity contribution in [3.05, 3.63) is 70.5 Å². The first kappa shape index (κ1) is 16.0. The Morgan fingerprint density at radius 3 is 2.25 bits per heavy atom. The van der Waals surface area contributed by atoms with Crippen LogP contribution in [0.15, 0.2) is 42.6 Å². The molecule has 120 valence electrons. The summed E-state index contributed by atoms with van der Waals surface area (Å²) in [6.45, 7) is 8.52. The van der Waals surface area contributed by atoms with Crippen molar-refractivity contribution in [2.45, 2.75) is 27.7 Å². The van der Waals surface area contributed by atoms with Crippen molar-refractivity contribution < 1.29 is 4.68 Å². The third-order valence-electron chi connectivity index (χ3n) is 4.79. The van der Waals surface area contributed by atoms with Gasteiger partial charge in [0.25, 0.3) is 0 Å². The lowest BCUT2D eigenvalue weighted by molar-refractivity contribution is -0.683. The molecule has 0 aliphatic carbocycles. The molecule has 3 aromatic rings. The Hall–Kier alpha value is -2.86. The van der Waals surface area contributed by atoms with Crippen molar-refractivity contribution in [3.63, 3.8) is 0 Å². The number of aryl methyl sites for hydroxylation is 3. The number of aromatic nitrogens is 2. The lowest BCUT2D eigenvalue weighted by Crippen LogP contribution is -2.39.